The SMILES string of the molecule is Cc1cc(C(=O)c2cc(I)ccc2Br)ccc1F. The average Bonchev–Trinajstić information content (AvgIpc) is 2.35. The lowest BCUT2D eigenvalue weighted by molar-refractivity contribution is 0.103. The predicted molar refractivity (Wildman–Crippen MR) is 81.4 cm³/mol. The van der Waals surface area contributed by atoms with Crippen molar-refractivity contribution in [2.24, 2.45) is 0 Å². The molecule has 2 rings (SSSR count). The minimum Gasteiger partial charge on any atom is -0.289 e. The van der Waals surface area contributed by atoms with E-state index >= 15 is 0 Å². The summed E-state index contributed by atoms with van der Waals surface area (Å²) in [6.07, 6.45) is 0. The molecule has 0 aliphatic rings. The maximum Gasteiger partial charge on any atom is 0.194 e. The van der Waals surface area contributed by atoms with Crippen molar-refractivity contribution in [3.8, 4) is 0 Å². The fourth-order valence-electron chi connectivity index (χ4n) is 1.61. The van der Waals surface area contributed by atoms with Crippen molar-refractivity contribution in [2.75, 3.05) is 0 Å². The molecule has 0 aliphatic carbocycles. The largest absolute Gasteiger partial charge is 0.289 e. The van der Waals surface area contributed by atoms with Gasteiger partial charge in [0.15, 0.2) is 5.78 Å². The van der Waals surface area contributed by atoms with Crippen molar-refractivity contribution in [2.45, 2.75) is 6.92 Å². The highest BCUT2D eigenvalue weighted by atomic mass is 127. The van der Waals surface area contributed by atoms with Gasteiger partial charge in [0, 0.05) is 19.2 Å². The number of ketones is 1. The molecule has 0 heterocycles. The van der Waals surface area contributed by atoms with Crippen LogP contribution >= 0.6 is 38.5 Å². The standard InChI is InChI=1S/C14H9BrFIO/c1-8-6-9(2-5-13(8)16)14(18)11-7-10(17)3-4-12(11)15/h2-7H,1H3. The zero-order valence-electron chi connectivity index (χ0n) is 9.51. The van der Waals surface area contributed by atoms with Gasteiger partial charge in [0.1, 0.15) is 5.82 Å². The Balaban J connectivity index is 2.47. The second-order valence-electron chi connectivity index (χ2n) is 3.92. The Morgan fingerprint density at radius 3 is 2.61 bits per heavy atom. The van der Waals surface area contributed by atoms with Gasteiger partial charge in [0.2, 0.25) is 0 Å². The number of aryl methyl sites for hydroxylation is 1. The summed E-state index contributed by atoms with van der Waals surface area (Å²) >= 11 is 5.52. The van der Waals surface area contributed by atoms with Crippen LogP contribution in [0.3, 0.4) is 0 Å². The molecule has 0 saturated carbocycles. The van der Waals surface area contributed by atoms with Crippen LogP contribution in [0.1, 0.15) is 21.5 Å². The van der Waals surface area contributed by atoms with Crippen molar-refractivity contribution in [1.82, 2.24) is 0 Å². The number of halogens is 3. The zero-order chi connectivity index (χ0) is 13.3. The van der Waals surface area contributed by atoms with Gasteiger partial charge in [-0.2, -0.15) is 0 Å². The molecule has 0 radical (unpaired) electrons. The van der Waals surface area contributed by atoms with Crippen molar-refractivity contribution >= 4 is 44.3 Å². The van der Waals surface area contributed by atoms with E-state index in [2.05, 4.69) is 38.5 Å². The normalized spacial score (nSPS) is 10.4. The summed E-state index contributed by atoms with van der Waals surface area (Å²) in [5.74, 6) is -0.406. The quantitative estimate of drug-likeness (QED) is 0.508. The minimum atomic E-state index is -0.298. The molecule has 92 valence electrons. The first kappa shape index (κ1) is 13.7. The molecular formula is C14H9BrFIO. The highest BCUT2D eigenvalue weighted by molar-refractivity contribution is 14.1. The molecule has 1 nitrogen and oxygen atoms in total. The summed E-state index contributed by atoms with van der Waals surface area (Å²) in [5.41, 5.74) is 1.56. The van der Waals surface area contributed by atoms with Crippen LogP contribution in [-0.2, 0) is 0 Å². The molecule has 2 aromatic carbocycles. The Bertz CT molecular complexity index is 625. The number of rotatable bonds is 2. The number of carbonyl (C=O) groups excluding carboxylic acids is 1. The van der Waals surface area contributed by atoms with E-state index in [0.717, 1.165) is 8.04 Å². The van der Waals surface area contributed by atoms with E-state index in [1.54, 1.807) is 13.0 Å². The van der Waals surface area contributed by atoms with Gasteiger partial charge in [-0.3, -0.25) is 4.79 Å². The molecule has 4 heteroatoms. The van der Waals surface area contributed by atoms with Crippen LogP contribution in [0.5, 0.6) is 0 Å². The average molecular weight is 419 g/mol. The van der Waals surface area contributed by atoms with E-state index < -0.39 is 0 Å². The molecule has 0 amide bonds. The van der Waals surface area contributed by atoms with Gasteiger partial charge in [-0.05, 0) is 71.5 Å². The molecule has 0 spiro atoms. The second kappa shape index (κ2) is 5.48. The van der Waals surface area contributed by atoms with Crippen LogP contribution in [0.25, 0.3) is 0 Å². The molecule has 0 aromatic heterocycles. The highest BCUT2D eigenvalue weighted by Crippen LogP contribution is 2.23. The third-order valence-corrected chi connectivity index (χ3v) is 3.96. The van der Waals surface area contributed by atoms with Crippen LogP contribution in [0, 0.1) is 16.3 Å². The van der Waals surface area contributed by atoms with Gasteiger partial charge in [0.25, 0.3) is 0 Å². The third kappa shape index (κ3) is 2.80. The van der Waals surface area contributed by atoms with Gasteiger partial charge < -0.3 is 0 Å². The molecule has 0 atom stereocenters. The van der Waals surface area contributed by atoms with Crippen molar-refractivity contribution < 1.29 is 9.18 Å². The summed E-state index contributed by atoms with van der Waals surface area (Å²) in [5, 5.41) is 0. The molecule has 0 saturated heterocycles. The molecule has 0 unspecified atom stereocenters. The monoisotopic (exact) mass is 418 g/mol. The van der Waals surface area contributed by atoms with Crippen LogP contribution in [-0.4, -0.2) is 5.78 Å². The van der Waals surface area contributed by atoms with Crippen LogP contribution in [0.15, 0.2) is 40.9 Å². The minimum absolute atomic E-state index is 0.108. The first-order valence-corrected chi connectivity index (χ1v) is 7.12. The summed E-state index contributed by atoms with van der Waals surface area (Å²) in [7, 11) is 0. The summed E-state index contributed by atoms with van der Waals surface area (Å²) in [4.78, 5) is 12.3. The van der Waals surface area contributed by atoms with Gasteiger partial charge in [-0.1, -0.05) is 15.9 Å². The number of hydrogen-bond donors (Lipinski definition) is 0. The topological polar surface area (TPSA) is 17.1 Å². The van der Waals surface area contributed by atoms with E-state index in [1.807, 2.05) is 18.2 Å². The second-order valence-corrected chi connectivity index (χ2v) is 6.02. The lowest BCUT2D eigenvalue weighted by Gasteiger charge is -2.06. The summed E-state index contributed by atoms with van der Waals surface area (Å²) in [6.45, 7) is 1.65. The van der Waals surface area contributed by atoms with Gasteiger partial charge in [-0.15, -0.1) is 0 Å². The molecule has 2 aromatic rings. The predicted octanol–water partition coefficient (Wildman–Crippen LogP) is 4.73. The zero-order valence-corrected chi connectivity index (χ0v) is 13.2. The first-order valence-electron chi connectivity index (χ1n) is 5.25. The first-order chi connectivity index (χ1) is 8.49. The summed E-state index contributed by atoms with van der Waals surface area (Å²) < 4.78 is 14.9. The smallest absolute Gasteiger partial charge is 0.194 e. The lowest BCUT2D eigenvalue weighted by Crippen LogP contribution is -2.03. The Kier molecular flexibility index (Phi) is 4.17. The molecule has 0 fully saturated rings. The van der Waals surface area contributed by atoms with Gasteiger partial charge in [-0.25, -0.2) is 4.39 Å². The Hall–Kier alpha value is -0.750. The lowest BCUT2D eigenvalue weighted by atomic mass is 10.0. The summed E-state index contributed by atoms with van der Waals surface area (Å²) in [6, 6.07) is 9.97. The molecule has 0 aliphatic heterocycles. The fourth-order valence-corrected chi connectivity index (χ4v) is 2.53. The Morgan fingerprint density at radius 1 is 1.22 bits per heavy atom. The van der Waals surface area contributed by atoms with E-state index in [9.17, 15) is 9.18 Å². The molecular weight excluding hydrogens is 410 g/mol. The van der Waals surface area contributed by atoms with E-state index in [-0.39, 0.29) is 11.6 Å². The molecule has 18 heavy (non-hydrogen) atoms. The highest BCUT2D eigenvalue weighted by Gasteiger charge is 2.14. The van der Waals surface area contributed by atoms with E-state index in [0.29, 0.717) is 16.7 Å². The van der Waals surface area contributed by atoms with Crippen LogP contribution in [0.2, 0.25) is 0 Å². The van der Waals surface area contributed by atoms with Crippen molar-refractivity contribution in [3.05, 3.63) is 66.9 Å². The van der Waals surface area contributed by atoms with E-state index in [4.69, 9.17) is 0 Å². The molecule has 0 bridgehead atoms. The van der Waals surface area contributed by atoms with E-state index in [1.165, 1.54) is 12.1 Å². The maximum atomic E-state index is 13.2. The fraction of sp³-hybridized carbons (Fsp3) is 0.0714. The van der Waals surface area contributed by atoms with Crippen LogP contribution < -0.4 is 0 Å². The molecule has 0 N–H and O–H groups in total. The number of carbonyl (C=O) groups is 1. The Labute approximate surface area is 127 Å². The van der Waals surface area contributed by atoms with Gasteiger partial charge in [0.05, 0.1) is 0 Å². The van der Waals surface area contributed by atoms with Gasteiger partial charge >= 0.3 is 0 Å². The third-order valence-electron chi connectivity index (χ3n) is 2.59. The maximum absolute atomic E-state index is 13.2. The van der Waals surface area contributed by atoms with Crippen molar-refractivity contribution in [3.63, 3.8) is 0 Å². The van der Waals surface area contributed by atoms with Crippen molar-refractivity contribution in [1.29, 1.82) is 0 Å². The van der Waals surface area contributed by atoms with Crippen LogP contribution in [0.4, 0.5) is 4.39 Å². The Morgan fingerprint density at radius 2 is 1.94 bits per heavy atom. The number of benzene rings is 2. The number of hydrogen-bond acceptors (Lipinski definition) is 1.